The van der Waals surface area contributed by atoms with Crippen LogP contribution in [0.4, 0.5) is 13.6 Å². The van der Waals surface area contributed by atoms with Crippen molar-refractivity contribution in [2.45, 2.75) is 12.6 Å². The first-order chi connectivity index (χ1) is 9.97. The highest BCUT2D eigenvalue weighted by Crippen LogP contribution is 2.35. The number of halogens is 3. The topological polar surface area (TPSA) is 53.0 Å². The Hall–Kier alpha value is -1.41. The fourth-order valence-corrected chi connectivity index (χ4v) is 3.03. The number of carboxylic acid groups (broad SMARTS) is 1. The number of carbonyl (C=O) groups is 1. The molecule has 3 rings (SSSR count). The third-order valence-electron chi connectivity index (χ3n) is 3.86. The first-order valence-corrected chi connectivity index (χ1v) is 7.27. The van der Waals surface area contributed by atoms with Gasteiger partial charge in [-0.05, 0) is 22.0 Å². The maximum absolute atomic E-state index is 14.1. The van der Waals surface area contributed by atoms with Crippen LogP contribution in [0.3, 0.4) is 0 Å². The second-order valence-corrected chi connectivity index (χ2v) is 5.93. The van der Waals surface area contributed by atoms with Crippen molar-refractivity contribution in [3.8, 4) is 5.75 Å². The summed E-state index contributed by atoms with van der Waals surface area (Å²) in [5.74, 6) is -1.38. The summed E-state index contributed by atoms with van der Waals surface area (Å²) in [6.45, 7) is 1.71. The number of benzene rings is 1. The summed E-state index contributed by atoms with van der Waals surface area (Å²) in [6, 6.07) is 1.09. The molecule has 2 heterocycles. The lowest BCUT2D eigenvalue weighted by Gasteiger charge is -2.38. The molecular formula is C13H13BrF2N2O3. The van der Waals surface area contributed by atoms with Crippen molar-refractivity contribution in [3.63, 3.8) is 0 Å². The molecule has 0 unspecified atom stereocenters. The predicted octanol–water partition coefficient (Wildman–Crippen LogP) is 2.28. The summed E-state index contributed by atoms with van der Waals surface area (Å²) in [7, 11) is 0. The van der Waals surface area contributed by atoms with Crippen LogP contribution in [0.15, 0.2) is 10.5 Å². The van der Waals surface area contributed by atoms with Gasteiger partial charge in [-0.15, -0.1) is 0 Å². The molecule has 0 aliphatic carbocycles. The van der Waals surface area contributed by atoms with Crippen LogP contribution in [0.25, 0.3) is 0 Å². The Balaban J connectivity index is 1.88. The number of fused-ring (bicyclic) bond motifs is 2. The second kappa shape index (κ2) is 5.42. The third-order valence-corrected chi connectivity index (χ3v) is 4.59. The smallest absolute Gasteiger partial charge is 0.407 e. The van der Waals surface area contributed by atoms with E-state index in [9.17, 15) is 13.6 Å². The van der Waals surface area contributed by atoms with Gasteiger partial charge in [-0.3, -0.25) is 4.90 Å². The van der Waals surface area contributed by atoms with Gasteiger partial charge in [0.15, 0.2) is 11.6 Å². The average Bonchev–Trinajstić information content (AvgIpc) is 2.63. The Bertz CT molecular complexity index is 599. The van der Waals surface area contributed by atoms with Gasteiger partial charge in [-0.1, -0.05) is 0 Å². The SMILES string of the molecule is O=C(O)N1CCN2Cc3cc(F)c(Br)c(F)c3OC[C@H]2C1. The molecule has 1 aromatic carbocycles. The first kappa shape index (κ1) is 14.5. The molecule has 1 saturated heterocycles. The molecule has 2 aliphatic heterocycles. The average molecular weight is 363 g/mol. The summed E-state index contributed by atoms with van der Waals surface area (Å²) >= 11 is 2.86. The summed E-state index contributed by atoms with van der Waals surface area (Å²) < 4.78 is 33.0. The van der Waals surface area contributed by atoms with Crippen LogP contribution in [-0.2, 0) is 6.54 Å². The van der Waals surface area contributed by atoms with Crippen molar-refractivity contribution in [1.29, 1.82) is 0 Å². The van der Waals surface area contributed by atoms with E-state index in [2.05, 4.69) is 15.9 Å². The minimum Gasteiger partial charge on any atom is -0.488 e. The number of ether oxygens (including phenoxy) is 1. The highest BCUT2D eigenvalue weighted by atomic mass is 79.9. The van der Waals surface area contributed by atoms with Crippen LogP contribution in [0, 0.1) is 11.6 Å². The molecule has 2 aliphatic rings. The molecule has 114 valence electrons. The summed E-state index contributed by atoms with van der Waals surface area (Å²) in [5, 5.41) is 9.04. The van der Waals surface area contributed by atoms with Crippen LogP contribution < -0.4 is 4.74 Å². The molecule has 0 bridgehead atoms. The van der Waals surface area contributed by atoms with E-state index >= 15 is 0 Å². The number of amides is 1. The zero-order valence-electron chi connectivity index (χ0n) is 11.0. The van der Waals surface area contributed by atoms with E-state index in [1.807, 2.05) is 4.90 Å². The lowest BCUT2D eigenvalue weighted by atomic mass is 10.1. The number of hydrogen-bond acceptors (Lipinski definition) is 3. The zero-order valence-corrected chi connectivity index (χ0v) is 12.6. The minimum absolute atomic E-state index is 0.0413. The molecule has 0 aromatic heterocycles. The number of rotatable bonds is 0. The van der Waals surface area contributed by atoms with Crippen LogP contribution in [0.5, 0.6) is 5.75 Å². The zero-order chi connectivity index (χ0) is 15.1. The molecule has 1 atom stereocenters. The third kappa shape index (κ3) is 2.57. The van der Waals surface area contributed by atoms with E-state index < -0.39 is 17.7 Å². The van der Waals surface area contributed by atoms with E-state index in [4.69, 9.17) is 9.84 Å². The van der Waals surface area contributed by atoms with Gasteiger partial charge in [0.2, 0.25) is 0 Å². The van der Waals surface area contributed by atoms with Crippen molar-refractivity contribution in [1.82, 2.24) is 9.80 Å². The molecule has 8 heteroatoms. The van der Waals surface area contributed by atoms with E-state index in [0.717, 1.165) is 0 Å². The van der Waals surface area contributed by atoms with Crippen molar-refractivity contribution in [3.05, 3.63) is 27.7 Å². The van der Waals surface area contributed by atoms with Crippen LogP contribution in [-0.4, -0.2) is 53.3 Å². The fraction of sp³-hybridized carbons (Fsp3) is 0.462. The number of nitrogens with zero attached hydrogens (tertiary/aromatic N) is 2. The van der Waals surface area contributed by atoms with Crippen LogP contribution >= 0.6 is 15.9 Å². The van der Waals surface area contributed by atoms with Gasteiger partial charge in [-0.25, -0.2) is 13.6 Å². The lowest BCUT2D eigenvalue weighted by Crippen LogP contribution is -2.55. The second-order valence-electron chi connectivity index (χ2n) is 5.14. The Labute approximate surface area is 128 Å². The molecule has 0 saturated carbocycles. The summed E-state index contributed by atoms with van der Waals surface area (Å²) in [5.41, 5.74) is 0.444. The quantitative estimate of drug-likeness (QED) is 0.719. The minimum atomic E-state index is -0.976. The van der Waals surface area contributed by atoms with Crippen LogP contribution in [0.2, 0.25) is 0 Å². The van der Waals surface area contributed by atoms with Crippen molar-refractivity contribution in [2.75, 3.05) is 26.2 Å². The van der Waals surface area contributed by atoms with Gasteiger partial charge in [0.25, 0.3) is 0 Å². The van der Waals surface area contributed by atoms with Gasteiger partial charge >= 0.3 is 6.09 Å². The predicted molar refractivity (Wildman–Crippen MR) is 73.3 cm³/mol. The van der Waals surface area contributed by atoms with E-state index in [1.165, 1.54) is 11.0 Å². The lowest BCUT2D eigenvalue weighted by molar-refractivity contribution is 0.0499. The Kier molecular flexibility index (Phi) is 3.75. The molecule has 1 fully saturated rings. The highest BCUT2D eigenvalue weighted by molar-refractivity contribution is 9.10. The Morgan fingerprint density at radius 1 is 1.43 bits per heavy atom. The first-order valence-electron chi connectivity index (χ1n) is 6.48. The maximum Gasteiger partial charge on any atom is 0.407 e. The molecule has 0 radical (unpaired) electrons. The monoisotopic (exact) mass is 362 g/mol. The normalized spacial score (nSPS) is 22.0. The number of hydrogen-bond donors (Lipinski definition) is 1. The fourth-order valence-electron chi connectivity index (χ4n) is 2.73. The summed E-state index contributed by atoms with van der Waals surface area (Å²) in [6.07, 6.45) is -0.976. The van der Waals surface area contributed by atoms with E-state index in [1.54, 1.807) is 0 Å². The van der Waals surface area contributed by atoms with Crippen LogP contribution in [0.1, 0.15) is 5.56 Å². The standard InChI is InChI=1S/C13H13BrF2N2O3/c14-10-9(15)3-7-4-17-1-2-18(13(19)20)5-8(17)6-21-12(7)11(10)16/h3,8H,1-2,4-6H2,(H,19,20)/t8-/m1/s1. The number of piperazine rings is 1. The van der Waals surface area contributed by atoms with Gasteiger partial charge < -0.3 is 14.7 Å². The summed E-state index contributed by atoms with van der Waals surface area (Å²) in [4.78, 5) is 14.3. The maximum atomic E-state index is 14.1. The molecule has 21 heavy (non-hydrogen) atoms. The molecule has 1 N–H and O–H groups in total. The Morgan fingerprint density at radius 2 is 2.19 bits per heavy atom. The highest BCUT2D eigenvalue weighted by Gasteiger charge is 2.34. The van der Waals surface area contributed by atoms with Crippen molar-refractivity contribution >= 4 is 22.0 Å². The molecule has 5 nitrogen and oxygen atoms in total. The Morgan fingerprint density at radius 3 is 2.90 bits per heavy atom. The van der Waals surface area contributed by atoms with Crippen molar-refractivity contribution in [2.24, 2.45) is 0 Å². The molecular weight excluding hydrogens is 350 g/mol. The van der Waals surface area contributed by atoms with Gasteiger partial charge in [0.05, 0.1) is 10.5 Å². The molecule has 1 amide bonds. The van der Waals surface area contributed by atoms with Gasteiger partial charge in [0, 0.05) is 31.7 Å². The van der Waals surface area contributed by atoms with Crippen molar-refractivity contribution < 1.29 is 23.4 Å². The molecule has 0 spiro atoms. The largest absolute Gasteiger partial charge is 0.488 e. The van der Waals surface area contributed by atoms with Gasteiger partial charge in [0.1, 0.15) is 12.4 Å². The van der Waals surface area contributed by atoms with E-state index in [-0.39, 0.29) is 22.9 Å². The van der Waals surface area contributed by atoms with E-state index in [0.29, 0.717) is 31.7 Å². The van der Waals surface area contributed by atoms with Gasteiger partial charge in [-0.2, -0.15) is 0 Å². The molecule has 1 aromatic rings.